The molecule has 19 heavy (non-hydrogen) atoms. The second-order valence-electron chi connectivity index (χ2n) is 5.54. The number of rotatable bonds is 6. The lowest BCUT2D eigenvalue weighted by Crippen LogP contribution is -2.40. The van der Waals surface area contributed by atoms with Gasteiger partial charge in [0.2, 0.25) is 0 Å². The van der Waals surface area contributed by atoms with Gasteiger partial charge in [0.05, 0.1) is 11.4 Å². The fourth-order valence-electron chi connectivity index (χ4n) is 2.28. The molecule has 0 atom stereocenters. The summed E-state index contributed by atoms with van der Waals surface area (Å²) in [5.74, 6) is -0.256. The molecule has 0 aliphatic carbocycles. The van der Waals surface area contributed by atoms with Crippen molar-refractivity contribution in [2.75, 3.05) is 24.1 Å². The average Bonchev–Trinajstić information content (AvgIpc) is 2.29. The highest BCUT2D eigenvalue weighted by molar-refractivity contribution is 5.67. The van der Waals surface area contributed by atoms with Crippen molar-refractivity contribution in [2.24, 2.45) is 0 Å². The van der Waals surface area contributed by atoms with E-state index in [9.17, 15) is 4.39 Å². The quantitative estimate of drug-likeness (QED) is 0.777. The van der Waals surface area contributed by atoms with Crippen LogP contribution in [0.1, 0.15) is 33.3 Å². The van der Waals surface area contributed by atoms with Gasteiger partial charge in [-0.15, -0.1) is 0 Å². The summed E-state index contributed by atoms with van der Waals surface area (Å²) in [4.78, 5) is 2.40. The Morgan fingerprint density at radius 2 is 1.79 bits per heavy atom. The van der Waals surface area contributed by atoms with Gasteiger partial charge >= 0.3 is 0 Å². The SMILES string of the molecule is Cc1cc(NCCN(C(C)C)C(C)C)c(N)cc1F. The molecule has 1 aromatic carbocycles. The van der Waals surface area contributed by atoms with Crippen LogP contribution >= 0.6 is 0 Å². The number of nitrogens with two attached hydrogens (primary N) is 1. The second-order valence-corrected chi connectivity index (χ2v) is 5.54. The molecule has 1 rings (SSSR count). The Hall–Kier alpha value is -1.29. The second kappa shape index (κ2) is 6.75. The lowest BCUT2D eigenvalue weighted by Gasteiger charge is -2.30. The molecule has 108 valence electrons. The highest BCUT2D eigenvalue weighted by Gasteiger charge is 2.12. The predicted molar refractivity (Wildman–Crippen MR) is 81.0 cm³/mol. The summed E-state index contributed by atoms with van der Waals surface area (Å²) in [6.45, 7) is 12.2. The van der Waals surface area contributed by atoms with Gasteiger partial charge in [0.1, 0.15) is 5.82 Å². The highest BCUT2D eigenvalue weighted by Crippen LogP contribution is 2.22. The Morgan fingerprint density at radius 3 is 2.32 bits per heavy atom. The highest BCUT2D eigenvalue weighted by atomic mass is 19.1. The molecule has 3 nitrogen and oxygen atoms in total. The van der Waals surface area contributed by atoms with Crippen molar-refractivity contribution >= 4 is 11.4 Å². The average molecular weight is 267 g/mol. The smallest absolute Gasteiger partial charge is 0.128 e. The van der Waals surface area contributed by atoms with Gasteiger partial charge in [0, 0.05) is 25.2 Å². The van der Waals surface area contributed by atoms with Crippen LogP contribution in [0.25, 0.3) is 0 Å². The molecule has 0 amide bonds. The molecule has 1 aromatic rings. The van der Waals surface area contributed by atoms with Crippen molar-refractivity contribution in [1.82, 2.24) is 4.90 Å². The van der Waals surface area contributed by atoms with Crippen LogP contribution in [0.5, 0.6) is 0 Å². The van der Waals surface area contributed by atoms with Gasteiger partial charge in [0.15, 0.2) is 0 Å². The lowest BCUT2D eigenvalue weighted by atomic mass is 10.1. The van der Waals surface area contributed by atoms with Gasteiger partial charge in [-0.1, -0.05) is 0 Å². The maximum atomic E-state index is 13.3. The van der Waals surface area contributed by atoms with Crippen molar-refractivity contribution in [3.63, 3.8) is 0 Å². The number of nitrogens with one attached hydrogen (secondary N) is 1. The minimum Gasteiger partial charge on any atom is -0.397 e. The molecule has 0 aliphatic heterocycles. The first-order valence-corrected chi connectivity index (χ1v) is 6.88. The van der Waals surface area contributed by atoms with Crippen LogP contribution < -0.4 is 11.1 Å². The number of hydrogen-bond donors (Lipinski definition) is 2. The molecule has 0 unspecified atom stereocenters. The van der Waals surface area contributed by atoms with E-state index < -0.39 is 0 Å². The lowest BCUT2D eigenvalue weighted by molar-refractivity contribution is 0.182. The van der Waals surface area contributed by atoms with Crippen LogP contribution in [0.4, 0.5) is 15.8 Å². The van der Waals surface area contributed by atoms with E-state index in [2.05, 4.69) is 37.9 Å². The number of anilines is 2. The Kier molecular flexibility index (Phi) is 5.60. The zero-order valence-electron chi connectivity index (χ0n) is 12.6. The third-order valence-corrected chi connectivity index (χ3v) is 3.34. The summed E-state index contributed by atoms with van der Waals surface area (Å²) in [6.07, 6.45) is 0. The Labute approximate surface area is 116 Å². The van der Waals surface area contributed by atoms with Crippen molar-refractivity contribution in [2.45, 2.75) is 46.7 Å². The van der Waals surface area contributed by atoms with Crippen molar-refractivity contribution < 1.29 is 4.39 Å². The Balaban J connectivity index is 2.60. The minimum absolute atomic E-state index is 0.256. The third-order valence-electron chi connectivity index (χ3n) is 3.34. The first kappa shape index (κ1) is 15.8. The summed E-state index contributed by atoms with van der Waals surface area (Å²) in [7, 11) is 0. The molecule has 0 radical (unpaired) electrons. The predicted octanol–water partition coefficient (Wildman–Crippen LogP) is 3.25. The van der Waals surface area contributed by atoms with Gasteiger partial charge in [-0.3, -0.25) is 4.90 Å². The summed E-state index contributed by atoms with van der Waals surface area (Å²) in [5.41, 5.74) is 7.70. The first-order chi connectivity index (χ1) is 8.82. The topological polar surface area (TPSA) is 41.3 Å². The van der Waals surface area contributed by atoms with E-state index >= 15 is 0 Å². The molecule has 4 heteroatoms. The molecule has 0 saturated carbocycles. The number of nitrogens with zero attached hydrogens (tertiary/aromatic N) is 1. The molecular formula is C15H26FN3. The number of hydrogen-bond acceptors (Lipinski definition) is 3. The number of aryl methyl sites for hydroxylation is 1. The van der Waals surface area contributed by atoms with Gasteiger partial charge < -0.3 is 11.1 Å². The zero-order valence-corrected chi connectivity index (χ0v) is 12.6. The third kappa shape index (κ3) is 4.39. The van der Waals surface area contributed by atoms with Crippen LogP contribution in [0.3, 0.4) is 0 Å². The van der Waals surface area contributed by atoms with E-state index in [4.69, 9.17) is 5.73 Å². The molecule has 0 aliphatic rings. The van der Waals surface area contributed by atoms with Crippen molar-refractivity contribution in [3.8, 4) is 0 Å². The summed E-state index contributed by atoms with van der Waals surface area (Å²) < 4.78 is 13.3. The maximum Gasteiger partial charge on any atom is 0.128 e. The molecule has 0 bridgehead atoms. The van der Waals surface area contributed by atoms with Crippen LogP contribution in [-0.4, -0.2) is 30.1 Å². The number of halogens is 1. The summed E-state index contributed by atoms with van der Waals surface area (Å²) in [6, 6.07) is 4.16. The van der Waals surface area contributed by atoms with Gasteiger partial charge in [0.25, 0.3) is 0 Å². The van der Waals surface area contributed by atoms with Crippen LogP contribution in [0.15, 0.2) is 12.1 Å². The molecular weight excluding hydrogens is 241 g/mol. The molecule has 0 spiro atoms. The zero-order chi connectivity index (χ0) is 14.6. The number of nitrogen functional groups attached to an aromatic ring is 1. The van der Waals surface area contributed by atoms with Gasteiger partial charge in [-0.05, 0) is 52.3 Å². The van der Waals surface area contributed by atoms with E-state index in [1.165, 1.54) is 6.07 Å². The Bertz CT molecular complexity index is 408. The molecule has 3 N–H and O–H groups in total. The molecule has 0 saturated heterocycles. The van der Waals surface area contributed by atoms with E-state index in [-0.39, 0.29) is 5.82 Å². The van der Waals surface area contributed by atoms with E-state index in [1.54, 1.807) is 13.0 Å². The minimum atomic E-state index is -0.256. The van der Waals surface area contributed by atoms with E-state index in [0.717, 1.165) is 18.8 Å². The van der Waals surface area contributed by atoms with Crippen LogP contribution in [0.2, 0.25) is 0 Å². The number of benzene rings is 1. The standard InChI is InChI=1S/C15H26FN3/c1-10(2)19(11(3)4)7-6-18-15-8-12(5)13(16)9-14(15)17/h8-11,18H,6-7,17H2,1-5H3. The first-order valence-electron chi connectivity index (χ1n) is 6.88. The van der Waals surface area contributed by atoms with E-state index in [0.29, 0.717) is 23.3 Å². The van der Waals surface area contributed by atoms with Crippen LogP contribution in [-0.2, 0) is 0 Å². The fraction of sp³-hybridized carbons (Fsp3) is 0.600. The largest absolute Gasteiger partial charge is 0.397 e. The van der Waals surface area contributed by atoms with E-state index in [1.807, 2.05) is 0 Å². The van der Waals surface area contributed by atoms with Gasteiger partial charge in [-0.25, -0.2) is 4.39 Å². The fourth-order valence-corrected chi connectivity index (χ4v) is 2.28. The van der Waals surface area contributed by atoms with Crippen LogP contribution in [0, 0.1) is 12.7 Å². The molecule has 0 fully saturated rings. The van der Waals surface area contributed by atoms with Crippen molar-refractivity contribution in [1.29, 1.82) is 0 Å². The maximum absolute atomic E-state index is 13.3. The molecule has 0 heterocycles. The molecule has 0 aromatic heterocycles. The summed E-state index contributed by atoms with van der Waals surface area (Å²) in [5, 5.41) is 3.29. The Morgan fingerprint density at radius 1 is 1.21 bits per heavy atom. The van der Waals surface area contributed by atoms with Gasteiger partial charge in [-0.2, -0.15) is 0 Å². The van der Waals surface area contributed by atoms with Crippen molar-refractivity contribution in [3.05, 3.63) is 23.5 Å². The summed E-state index contributed by atoms with van der Waals surface area (Å²) >= 11 is 0. The monoisotopic (exact) mass is 267 g/mol. The normalized spacial score (nSPS) is 11.6.